The summed E-state index contributed by atoms with van der Waals surface area (Å²) in [5.74, 6) is 0.204. The Balaban J connectivity index is 3.96. The van der Waals surface area contributed by atoms with E-state index in [0.717, 1.165) is 38.9 Å². The molecule has 0 spiro atoms. The maximum atomic E-state index is 11.9. The predicted octanol–water partition coefficient (Wildman–Crippen LogP) is 0.916. The van der Waals surface area contributed by atoms with Crippen LogP contribution in [0.3, 0.4) is 0 Å². The Hall–Kier alpha value is -0.610. The van der Waals surface area contributed by atoms with Crippen molar-refractivity contribution in [3.8, 4) is 0 Å². The monoisotopic (exact) mass is 229 g/mol. The van der Waals surface area contributed by atoms with Crippen LogP contribution < -0.4 is 5.73 Å². The van der Waals surface area contributed by atoms with Crippen LogP contribution in [0.1, 0.15) is 33.1 Å². The fourth-order valence-corrected chi connectivity index (χ4v) is 1.67. The second kappa shape index (κ2) is 9.60. The van der Waals surface area contributed by atoms with Crippen molar-refractivity contribution in [1.82, 2.24) is 9.80 Å². The second-order valence-electron chi connectivity index (χ2n) is 4.23. The first kappa shape index (κ1) is 15.4. The molecule has 16 heavy (non-hydrogen) atoms. The zero-order valence-corrected chi connectivity index (χ0v) is 11.0. The lowest BCUT2D eigenvalue weighted by atomic mass is 10.3. The molecular weight excluding hydrogens is 202 g/mol. The van der Waals surface area contributed by atoms with Crippen molar-refractivity contribution < 1.29 is 4.79 Å². The molecule has 0 aromatic carbocycles. The van der Waals surface area contributed by atoms with E-state index in [1.807, 2.05) is 7.05 Å². The number of hydrogen-bond acceptors (Lipinski definition) is 3. The zero-order chi connectivity index (χ0) is 12.4. The highest BCUT2D eigenvalue weighted by Gasteiger charge is 2.12. The van der Waals surface area contributed by atoms with Crippen LogP contribution in [0.15, 0.2) is 0 Å². The van der Waals surface area contributed by atoms with Crippen molar-refractivity contribution >= 4 is 5.91 Å². The van der Waals surface area contributed by atoms with Crippen molar-refractivity contribution in [2.75, 3.05) is 39.8 Å². The van der Waals surface area contributed by atoms with Crippen LogP contribution in [-0.2, 0) is 4.79 Å². The highest BCUT2D eigenvalue weighted by Crippen LogP contribution is 1.97. The van der Waals surface area contributed by atoms with Gasteiger partial charge in [0.2, 0.25) is 5.91 Å². The van der Waals surface area contributed by atoms with Crippen molar-refractivity contribution in [3.63, 3.8) is 0 Å². The molecule has 1 amide bonds. The Morgan fingerprint density at radius 3 is 2.12 bits per heavy atom. The van der Waals surface area contributed by atoms with E-state index in [1.54, 1.807) is 4.90 Å². The summed E-state index contributed by atoms with van der Waals surface area (Å²) in [6.07, 6.45) is 3.07. The van der Waals surface area contributed by atoms with Crippen molar-refractivity contribution in [2.24, 2.45) is 5.73 Å². The average molecular weight is 229 g/mol. The Bertz CT molecular complexity index is 179. The first-order valence-corrected chi connectivity index (χ1v) is 6.32. The summed E-state index contributed by atoms with van der Waals surface area (Å²) < 4.78 is 0. The standard InChI is InChI=1S/C12H27N3O/c1-4-8-15(9-5-2)11-12(16)14(3)10-6-7-13/h4-11,13H2,1-3H3. The van der Waals surface area contributed by atoms with Crippen LogP contribution in [0, 0.1) is 0 Å². The van der Waals surface area contributed by atoms with Crippen LogP contribution in [0.4, 0.5) is 0 Å². The third-order valence-electron chi connectivity index (χ3n) is 2.56. The normalized spacial score (nSPS) is 10.8. The maximum Gasteiger partial charge on any atom is 0.236 e. The quantitative estimate of drug-likeness (QED) is 0.639. The first-order valence-electron chi connectivity index (χ1n) is 6.32. The molecular formula is C12H27N3O. The largest absolute Gasteiger partial charge is 0.345 e. The molecule has 0 aromatic rings. The van der Waals surface area contributed by atoms with E-state index in [0.29, 0.717) is 13.1 Å². The van der Waals surface area contributed by atoms with Gasteiger partial charge in [-0.2, -0.15) is 0 Å². The summed E-state index contributed by atoms with van der Waals surface area (Å²) in [6, 6.07) is 0. The van der Waals surface area contributed by atoms with E-state index >= 15 is 0 Å². The van der Waals surface area contributed by atoms with E-state index in [-0.39, 0.29) is 5.91 Å². The van der Waals surface area contributed by atoms with E-state index in [2.05, 4.69) is 18.7 Å². The summed E-state index contributed by atoms with van der Waals surface area (Å²) in [5, 5.41) is 0. The molecule has 96 valence electrons. The van der Waals surface area contributed by atoms with Gasteiger partial charge in [-0.25, -0.2) is 0 Å². The third kappa shape index (κ3) is 6.80. The molecule has 0 fully saturated rings. The first-order chi connectivity index (χ1) is 7.65. The Morgan fingerprint density at radius 2 is 1.69 bits per heavy atom. The Morgan fingerprint density at radius 1 is 1.12 bits per heavy atom. The summed E-state index contributed by atoms with van der Waals surface area (Å²) in [5.41, 5.74) is 5.43. The number of amides is 1. The molecule has 0 aliphatic rings. The minimum atomic E-state index is 0.204. The smallest absolute Gasteiger partial charge is 0.236 e. The molecule has 4 nitrogen and oxygen atoms in total. The van der Waals surface area contributed by atoms with Gasteiger partial charge in [-0.3, -0.25) is 9.69 Å². The third-order valence-corrected chi connectivity index (χ3v) is 2.56. The number of nitrogens with two attached hydrogens (primary N) is 1. The van der Waals surface area contributed by atoms with Gasteiger partial charge >= 0.3 is 0 Å². The van der Waals surface area contributed by atoms with Gasteiger partial charge in [0, 0.05) is 13.6 Å². The number of hydrogen-bond donors (Lipinski definition) is 1. The molecule has 0 aliphatic heterocycles. The van der Waals surface area contributed by atoms with E-state index in [9.17, 15) is 4.79 Å². The van der Waals surface area contributed by atoms with Crippen LogP contribution >= 0.6 is 0 Å². The minimum absolute atomic E-state index is 0.204. The van der Waals surface area contributed by atoms with Gasteiger partial charge in [-0.05, 0) is 38.9 Å². The minimum Gasteiger partial charge on any atom is -0.345 e. The SMILES string of the molecule is CCCN(CCC)CC(=O)N(C)CCCN. The van der Waals surface area contributed by atoms with Gasteiger partial charge in [0.25, 0.3) is 0 Å². The lowest BCUT2D eigenvalue weighted by Crippen LogP contribution is -2.39. The van der Waals surface area contributed by atoms with Crippen molar-refractivity contribution in [2.45, 2.75) is 33.1 Å². The van der Waals surface area contributed by atoms with Crippen LogP contribution in [0.5, 0.6) is 0 Å². The van der Waals surface area contributed by atoms with Gasteiger partial charge in [-0.15, -0.1) is 0 Å². The maximum absolute atomic E-state index is 11.9. The highest BCUT2D eigenvalue weighted by atomic mass is 16.2. The predicted molar refractivity (Wildman–Crippen MR) is 68.3 cm³/mol. The summed E-state index contributed by atoms with van der Waals surface area (Å²) >= 11 is 0. The number of carbonyl (C=O) groups excluding carboxylic acids is 1. The molecule has 2 N–H and O–H groups in total. The topological polar surface area (TPSA) is 49.6 Å². The molecule has 0 aromatic heterocycles. The lowest BCUT2D eigenvalue weighted by Gasteiger charge is -2.24. The molecule has 0 atom stereocenters. The lowest BCUT2D eigenvalue weighted by molar-refractivity contribution is -0.131. The molecule has 0 aliphatic carbocycles. The van der Waals surface area contributed by atoms with Gasteiger partial charge in [0.15, 0.2) is 0 Å². The summed E-state index contributed by atoms with van der Waals surface area (Å²) in [7, 11) is 1.86. The van der Waals surface area contributed by atoms with Gasteiger partial charge in [-0.1, -0.05) is 13.8 Å². The average Bonchev–Trinajstić information content (AvgIpc) is 2.26. The fourth-order valence-electron chi connectivity index (χ4n) is 1.67. The Labute approximate surface area is 99.8 Å². The van der Waals surface area contributed by atoms with Crippen molar-refractivity contribution in [3.05, 3.63) is 0 Å². The number of carbonyl (C=O) groups is 1. The number of likely N-dealkylation sites (N-methyl/N-ethyl adjacent to an activating group) is 1. The van der Waals surface area contributed by atoms with Crippen LogP contribution in [0.25, 0.3) is 0 Å². The highest BCUT2D eigenvalue weighted by molar-refractivity contribution is 5.77. The molecule has 0 radical (unpaired) electrons. The summed E-state index contributed by atoms with van der Waals surface area (Å²) in [4.78, 5) is 15.9. The zero-order valence-electron chi connectivity index (χ0n) is 11.0. The molecule has 0 bridgehead atoms. The second-order valence-corrected chi connectivity index (χ2v) is 4.23. The van der Waals surface area contributed by atoms with Crippen LogP contribution in [-0.4, -0.2) is 55.5 Å². The van der Waals surface area contributed by atoms with E-state index in [4.69, 9.17) is 5.73 Å². The molecule has 0 heterocycles. The molecule has 0 saturated carbocycles. The van der Waals surface area contributed by atoms with E-state index < -0.39 is 0 Å². The number of rotatable bonds is 9. The number of nitrogens with zero attached hydrogens (tertiary/aromatic N) is 2. The Kier molecular flexibility index (Phi) is 9.24. The molecule has 0 unspecified atom stereocenters. The van der Waals surface area contributed by atoms with Crippen LogP contribution in [0.2, 0.25) is 0 Å². The molecule has 0 saturated heterocycles. The van der Waals surface area contributed by atoms with Gasteiger partial charge < -0.3 is 10.6 Å². The van der Waals surface area contributed by atoms with Gasteiger partial charge in [0.05, 0.1) is 6.54 Å². The van der Waals surface area contributed by atoms with Crippen molar-refractivity contribution in [1.29, 1.82) is 0 Å². The summed E-state index contributed by atoms with van der Waals surface area (Å²) in [6.45, 7) is 8.25. The molecule has 0 rings (SSSR count). The fraction of sp³-hybridized carbons (Fsp3) is 0.917. The molecule has 4 heteroatoms. The van der Waals surface area contributed by atoms with E-state index in [1.165, 1.54) is 0 Å². The van der Waals surface area contributed by atoms with Gasteiger partial charge in [0.1, 0.15) is 0 Å².